The predicted molar refractivity (Wildman–Crippen MR) is 96.0 cm³/mol. The van der Waals surface area contributed by atoms with Gasteiger partial charge in [-0.15, -0.1) is 0 Å². The Morgan fingerprint density at radius 2 is 2.04 bits per heavy atom. The highest BCUT2D eigenvalue weighted by Crippen LogP contribution is 2.10. The average Bonchev–Trinajstić information content (AvgIpc) is 3.18. The van der Waals surface area contributed by atoms with Crippen LogP contribution in [0.2, 0.25) is 0 Å². The first-order valence-corrected chi connectivity index (χ1v) is 8.22. The van der Waals surface area contributed by atoms with E-state index in [1.165, 1.54) is 11.8 Å². The van der Waals surface area contributed by atoms with E-state index in [0.717, 1.165) is 24.5 Å². The molecule has 0 spiro atoms. The summed E-state index contributed by atoms with van der Waals surface area (Å²) in [5.41, 5.74) is 2.73. The summed E-state index contributed by atoms with van der Waals surface area (Å²) in [6.07, 6.45) is 6.08. The molecule has 0 radical (unpaired) electrons. The monoisotopic (exact) mass is 336 g/mol. The van der Waals surface area contributed by atoms with E-state index in [0.29, 0.717) is 12.2 Å². The smallest absolute Gasteiger partial charge is 0.339 e. The number of anilines is 1. The Labute approximate surface area is 146 Å². The number of rotatable bonds is 7. The van der Waals surface area contributed by atoms with Crippen LogP contribution in [-0.4, -0.2) is 33.9 Å². The van der Waals surface area contributed by atoms with Crippen LogP contribution in [0.1, 0.15) is 22.8 Å². The molecule has 3 rings (SSSR count). The van der Waals surface area contributed by atoms with E-state index >= 15 is 0 Å². The Hall–Kier alpha value is -3.15. The Morgan fingerprint density at radius 3 is 2.68 bits per heavy atom. The quantitative estimate of drug-likeness (QED) is 0.672. The van der Waals surface area contributed by atoms with Gasteiger partial charge in [-0.1, -0.05) is 12.1 Å². The Morgan fingerprint density at radius 1 is 1.20 bits per heavy atom. The molecule has 2 heterocycles. The van der Waals surface area contributed by atoms with Crippen LogP contribution in [0.5, 0.6) is 0 Å². The zero-order valence-corrected chi connectivity index (χ0v) is 14.1. The third-order valence-electron chi connectivity index (χ3n) is 3.70. The van der Waals surface area contributed by atoms with Gasteiger partial charge in [0.25, 0.3) is 0 Å². The molecule has 6 heteroatoms. The van der Waals surface area contributed by atoms with Crippen molar-refractivity contribution in [2.45, 2.75) is 13.3 Å². The molecule has 0 aliphatic rings. The lowest BCUT2D eigenvalue weighted by atomic mass is 10.1. The first kappa shape index (κ1) is 16.7. The zero-order valence-electron chi connectivity index (χ0n) is 14.1. The number of nitrogens with one attached hydrogen (secondary N) is 1. The van der Waals surface area contributed by atoms with Crippen molar-refractivity contribution in [3.63, 3.8) is 0 Å². The summed E-state index contributed by atoms with van der Waals surface area (Å²) < 4.78 is 6.77. The van der Waals surface area contributed by atoms with E-state index in [1.54, 1.807) is 25.3 Å². The molecule has 0 aliphatic carbocycles. The third-order valence-corrected chi connectivity index (χ3v) is 3.70. The van der Waals surface area contributed by atoms with Gasteiger partial charge in [-0.2, -0.15) is 5.10 Å². The van der Waals surface area contributed by atoms with Gasteiger partial charge < -0.3 is 10.1 Å². The van der Waals surface area contributed by atoms with Crippen LogP contribution in [0.3, 0.4) is 0 Å². The molecule has 0 atom stereocenters. The number of benzene rings is 1. The largest absolute Gasteiger partial charge is 0.462 e. The molecule has 25 heavy (non-hydrogen) atoms. The van der Waals surface area contributed by atoms with Crippen molar-refractivity contribution in [3.05, 3.63) is 72.2 Å². The summed E-state index contributed by atoms with van der Waals surface area (Å²) >= 11 is 0. The highest BCUT2D eigenvalue weighted by atomic mass is 16.5. The van der Waals surface area contributed by atoms with Crippen LogP contribution in [0.25, 0.3) is 5.69 Å². The average molecular weight is 336 g/mol. The van der Waals surface area contributed by atoms with Crippen molar-refractivity contribution in [2.24, 2.45) is 0 Å². The number of pyridine rings is 1. The van der Waals surface area contributed by atoms with Crippen molar-refractivity contribution in [1.29, 1.82) is 0 Å². The highest BCUT2D eigenvalue weighted by molar-refractivity contribution is 5.89. The van der Waals surface area contributed by atoms with Gasteiger partial charge in [0, 0.05) is 25.1 Å². The number of carbonyl (C=O) groups is 1. The number of carbonyl (C=O) groups excluding carboxylic acids is 1. The summed E-state index contributed by atoms with van der Waals surface area (Å²) in [4.78, 5) is 15.8. The summed E-state index contributed by atoms with van der Waals surface area (Å²) in [6.45, 7) is 2.90. The molecule has 0 bridgehead atoms. The van der Waals surface area contributed by atoms with Crippen molar-refractivity contribution in [1.82, 2.24) is 14.8 Å². The molecule has 1 aromatic carbocycles. The maximum Gasteiger partial charge on any atom is 0.339 e. The minimum Gasteiger partial charge on any atom is -0.462 e. The lowest BCUT2D eigenvalue weighted by Crippen LogP contribution is -2.08. The lowest BCUT2D eigenvalue weighted by molar-refractivity contribution is 0.0526. The molecule has 0 saturated carbocycles. The molecule has 0 aliphatic heterocycles. The second-order valence-corrected chi connectivity index (χ2v) is 5.45. The fourth-order valence-corrected chi connectivity index (χ4v) is 2.41. The molecule has 1 N–H and O–H groups in total. The Bertz CT molecular complexity index is 796. The summed E-state index contributed by atoms with van der Waals surface area (Å²) in [7, 11) is 0. The van der Waals surface area contributed by atoms with Crippen LogP contribution in [0, 0.1) is 0 Å². The van der Waals surface area contributed by atoms with E-state index in [4.69, 9.17) is 4.74 Å². The van der Waals surface area contributed by atoms with Crippen molar-refractivity contribution in [3.8, 4) is 5.69 Å². The molecule has 0 fully saturated rings. The van der Waals surface area contributed by atoms with Crippen LogP contribution >= 0.6 is 0 Å². The summed E-state index contributed by atoms with van der Waals surface area (Å²) in [5.74, 6) is 0.389. The number of nitrogens with zero attached hydrogens (tertiary/aromatic N) is 3. The third kappa shape index (κ3) is 4.44. The van der Waals surface area contributed by atoms with E-state index in [1.807, 2.05) is 16.9 Å². The number of hydrogen-bond donors (Lipinski definition) is 1. The zero-order chi connectivity index (χ0) is 17.5. The van der Waals surface area contributed by atoms with Crippen LogP contribution in [0.4, 0.5) is 5.82 Å². The van der Waals surface area contributed by atoms with E-state index < -0.39 is 0 Å². The van der Waals surface area contributed by atoms with E-state index in [2.05, 4.69) is 39.7 Å². The van der Waals surface area contributed by atoms with Gasteiger partial charge in [0.2, 0.25) is 0 Å². The number of esters is 1. The molecule has 0 amide bonds. The molecule has 6 nitrogen and oxygen atoms in total. The van der Waals surface area contributed by atoms with Crippen molar-refractivity contribution in [2.75, 3.05) is 18.5 Å². The number of aromatic nitrogens is 3. The topological polar surface area (TPSA) is 69.0 Å². The van der Waals surface area contributed by atoms with Gasteiger partial charge in [-0.05, 0) is 49.2 Å². The Balaban J connectivity index is 1.50. The summed E-state index contributed by atoms with van der Waals surface area (Å²) in [6, 6.07) is 13.7. The SMILES string of the molecule is CCOC(=O)c1ccc(NCCc2ccc(-n3cccn3)cc2)nc1. The minimum atomic E-state index is -0.348. The van der Waals surface area contributed by atoms with Crippen LogP contribution in [0.15, 0.2) is 61.1 Å². The van der Waals surface area contributed by atoms with Crippen LogP contribution in [-0.2, 0) is 11.2 Å². The standard InChI is InChI=1S/C19H20N4O2/c1-2-25-19(24)16-6-9-18(21-14-16)20-12-10-15-4-7-17(8-5-15)23-13-3-11-22-23/h3-9,11,13-14H,2,10,12H2,1H3,(H,20,21). The van der Waals surface area contributed by atoms with Gasteiger partial charge in [0.15, 0.2) is 0 Å². The number of hydrogen-bond acceptors (Lipinski definition) is 5. The van der Waals surface area contributed by atoms with Gasteiger partial charge in [0.1, 0.15) is 5.82 Å². The maximum atomic E-state index is 11.6. The molecular formula is C19H20N4O2. The Kier molecular flexibility index (Phi) is 5.41. The molecule has 3 aromatic rings. The molecule has 2 aromatic heterocycles. The van der Waals surface area contributed by atoms with Crippen LogP contribution < -0.4 is 5.32 Å². The molecule has 0 saturated heterocycles. The second-order valence-electron chi connectivity index (χ2n) is 5.45. The van der Waals surface area contributed by atoms with Crippen molar-refractivity contribution < 1.29 is 9.53 Å². The van der Waals surface area contributed by atoms with E-state index in [-0.39, 0.29) is 5.97 Å². The van der Waals surface area contributed by atoms with Gasteiger partial charge in [-0.3, -0.25) is 0 Å². The molecule has 0 unspecified atom stereocenters. The normalized spacial score (nSPS) is 10.4. The van der Waals surface area contributed by atoms with Gasteiger partial charge in [-0.25, -0.2) is 14.5 Å². The van der Waals surface area contributed by atoms with E-state index in [9.17, 15) is 4.79 Å². The molecule has 128 valence electrons. The lowest BCUT2D eigenvalue weighted by Gasteiger charge is -2.07. The number of ether oxygens (including phenoxy) is 1. The van der Waals surface area contributed by atoms with Gasteiger partial charge >= 0.3 is 5.97 Å². The maximum absolute atomic E-state index is 11.6. The predicted octanol–water partition coefficient (Wildman–Crippen LogP) is 3.10. The summed E-state index contributed by atoms with van der Waals surface area (Å²) in [5, 5.41) is 7.46. The minimum absolute atomic E-state index is 0.348. The highest BCUT2D eigenvalue weighted by Gasteiger charge is 2.06. The van der Waals surface area contributed by atoms with Gasteiger partial charge in [0.05, 0.1) is 17.9 Å². The second kappa shape index (κ2) is 8.10. The first-order chi connectivity index (χ1) is 12.3. The fourth-order valence-electron chi connectivity index (χ4n) is 2.41. The first-order valence-electron chi connectivity index (χ1n) is 8.22. The fraction of sp³-hybridized carbons (Fsp3) is 0.211. The van der Waals surface area contributed by atoms with Crippen molar-refractivity contribution >= 4 is 11.8 Å². The molecular weight excluding hydrogens is 316 g/mol.